The largest absolute Gasteiger partial charge is 0.491 e. The topological polar surface area (TPSA) is 62.0 Å². The molecule has 6 nitrogen and oxygen atoms in total. The lowest BCUT2D eigenvalue weighted by molar-refractivity contribution is 0.0744. The lowest BCUT2D eigenvalue weighted by Crippen LogP contribution is -2.32. The summed E-state index contributed by atoms with van der Waals surface area (Å²) in [5.41, 5.74) is 2.41. The zero-order valence-electron chi connectivity index (χ0n) is 17.1. The van der Waals surface area contributed by atoms with Crippen molar-refractivity contribution >= 4 is 0 Å². The Morgan fingerprint density at radius 3 is 2.28 bits per heavy atom. The average Bonchev–Trinajstić information content (AvgIpc) is 3.21. The lowest BCUT2D eigenvalue weighted by atomic mass is 10.2. The Morgan fingerprint density at radius 1 is 0.897 bits per heavy atom. The molecule has 0 fully saturated rings. The van der Waals surface area contributed by atoms with Crippen LogP contribution in [0.25, 0.3) is 0 Å². The first-order valence-corrected chi connectivity index (χ1v) is 9.79. The van der Waals surface area contributed by atoms with Crippen molar-refractivity contribution < 1.29 is 14.4 Å². The third-order valence-electron chi connectivity index (χ3n) is 4.55. The van der Waals surface area contributed by atoms with Crippen LogP contribution in [0.3, 0.4) is 0 Å². The predicted molar refractivity (Wildman–Crippen MR) is 112 cm³/mol. The zero-order valence-corrected chi connectivity index (χ0v) is 17.1. The van der Waals surface area contributed by atoms with E-state index in [2.05, 4.69) is 27.1 Å². The Labute approximate surface area is 172 Å². The molecular formula is C23H29N3O3. The highest BCUT2D eigenvalue weighted by atomic mass is 16.5. The second-order valence-electron chi connectivity index (χ2n) is 7.44. The molecule has 0 radical (unpaired) electrons. The summed E-state index contributed by atoms with van der Waals surface area (Å²) in [5.74, 6) is 1.61. The normalized spacial score (nSPS) is 12.4. The Hall–Kier alpha value is -2.67. The Morgan fingerprint density at radius 2 is 1.59 bits per heavy atom. The van der Waals surface area contributed by atoms with E-state index in [-0.39, 0.29) is 6.61 Å². The molecule has 1 heterocycles. The molecule has 0 spiro atoms. The van der Waals surface area contributed by atoms with E-state index in [0.29, 0.717) is 13.1 Å². The number of aliphatic hydroxyl groups is 1. The number of aliphatic hydroxyl groups excluding tert-OH is 1. The zero-order chi connectivity index (χ0) is 20.5. The molecule has 3 aromatic rings. The standard InChI is InChI=1S/C23H29N3O3/c1-25(14-19-6-4-3-5-7-19)16-21(27)18-28-22-10-8-20(9-11-22)15-26(2)17-23-12-13-24-29-23/h3-13,21,27H,14-18H2,1-2H3. The van der Waals surface area contributed by atoms with Gasteiger partial charge in [-0.25, -0.2) is 0 Å². The van der Waals surface area contributed by atoms with Crippen molar-refractivity contribution in [2.24, 2.45) is 0 Å². The average molecular weight is 396 g/mol. The van der Waals surface area contributed by atoms with Gasteiger partial charge in [-0.05, 0) is 37.4 Å². The SMILES string of the molecule is CN(Cc1ccc(OCC(O)CN(C)Cc2ccccc2)cc1)Cc1ccno1. The molecule has 6 heteroatoms. The van der Waals surface area contributed by atoms with Crippen LogP contribution < -0.4 is 4.74 Å². The minimum Gasteiger partial charge on any atom is -0.491 e. The van der Waals surface area contributed by atoms with Gasteiger partial charge in [0.2, 0.25) is 0 Å². The first-order chi connectivity index (χ1) is 14.1. The number of likely N-dealkylation sites (N-methyl/N-ethyl adjacent to an activating group) is 1. The fourth-order valence-corrected chi connectivity index (χ4v) is 3.21. The number of benzene rings is 2. The van der Waals surface area contributed by atoms with E-state index in [1.54, 1.807) is 6.20 Å². The van der Waals surface area contributed by atoms with Crippen molar-refractivity contribution in [2.45, 2.75) is 25.7 Å². The molecular weight excluding hydrogens is 366 g/mol. The summed E-state index contributed by atoms with van der Waals surface area (Å²) in [6, 6.07) is 20.1. The smallest absolute Gasteiger partial charge is 0.150 e. The maximum Gasteiger partial charge on any atom is 0.150 e. The van der Waals surface area contributed by atoms with Gasteiger partial charge in [-0.15, -0.1) is 0 Å². The molecule has 0 bridgehead atoms. The fourth-order valence-electron chi connectivity index (χ4n) is 3.21. The highest BCUT2D eigenvalue weighted by Crippen LogP contribution is 2.15. The fraction of sp³-hybridized carbons (Fsp3) is 0.348. The molecule has 0 aliphatic heterocycles. The number of rotatable bonds is 11. The van der Waals surface area contributed by atoms with Gasteiger partial charge in [0.05, 0.1) is 12.7 Å². The third-order valence-corrected chi connectivity index (χ3v) is 4.55. The third kappa shape index (κ3) is 7.34. The summed E-state index contributed by atoms with van der Waals surface area (Å²) in [7, 11) is 4.04. The van der Waals surface area contributed by atoms with Crippen molar-refractivity contribution in [2.75, 3.05) is 27.2 Å². The molecule has 0 aliphatic rings. The molecule has 1 unspecified atom stereocenters. The van der Waals surface area contributed by atoms with E-state index < -0.39 is 6.10 Å². The molecule has 1 aromatic heterocycles. The maximum absolute atomic E-state index is 10.3. The van der Waals surface area contributed by atoms with Crippen LogP contribution in [0.5, 0.6) is 5.75 Å². The van der Waals surface area contributed by atoms with Gasteiger partial charge >= 0.3 is 0 Å². The van der Waals surface area contributed by atoms with E-state index >= 15 is 0 Å². The van der Waals surface area contributed by atoms with Crippen molar-refractivity contribution in [3.05, 3.63) is 83.7 Å². The molecule has 29 heavy (non-hydrogen) atoms. The van der Waals surface area contributed by atoms with Crippen molar-refractivity contribution in [1.29, 1.82) is 0 Å². The van der Waals surface area contributed by atoms with E-state index in [9.17, 15) is 5.11 Å². The minimum absolute atomic E-state index is 0.268. The Kier molecular flexibility index (Phi) is 7.81. The van der Waals surface area contributed by atoms with Gasteiger partial charge in [-0.2, -0.15) is 0 Å². The number of ether oxygens (including phenoxy) is 1. The van der Waals surface area contributed by atoms with Crippen LogP contribution in [0, 0.1) is 0 Å². The summed E-state index contributed by atoms with van der Waals surface area (Å²) in [6.45, 7) is 3.13. The van der Waals surface area contributed by atoms with Gasteiger partial charge < -0.3 is 14.4 Å². The predicted octanol–water partition coefficient (Wildman–Crippen LogP) is 3.18. The van der Waals surface area contributed by atoms with Crippen molar-refractivity contribution in [3.8, 4) is 5.75 Å². The van der Waals surface area contributed by atoms with Crippen LogP contribution in [0.1, 0.15) is 16.9 Å². The first-order valence-electron chi connectivity index (χ1n) is 9.79. The van der Waals surface area contributed by atoms with E-state index in [4.69, 9.17) is 9.26 Å². The van der Waals surface area contributed by atoms with Gasteiger partial charge in [0.25, 0.3) is 0 Å². The lowest BCUT2D eigenvalue weighted by Gasteiger charge is -2.21. The number of hydrogen-bond acceptors (Lipinski definition) is 6. The van der Waals surface area contributed by atoms with Crippen LogP contribution in [-0.4, -0.2) is 53.4 Å². The van der Waals surface area contributed by atoms with Crippen molar-refractivity contribution in [1.82, 2.24) is 15.0 Å². The summed E-state index contributed by atoms with van der Waals surface area (Å²) in [4.78, 5) is 4.25. The molecule has 0 saturated heterocycles. The van der Waals surface area contributed by atoms with Gasteiger partial charge in [-0.1, -0.05) is 47.6 Å². The van der Waals surface area contributed by atoms with Gasteiger partial charge in [0, 0.05) is 25.7 Å². The molecule has 0 saturated carbocycles. The molecule has 3 rings (SSSR count). The highest BCUT2D eigenvalue weighted by Gasteiger charge is 2.10. The summed E-state index contributed by atoms with van der Waals surface area (Å²) >= 11 is 0. The Balaban J connectivity index is 1.38. The second kappa shape index (κ2) is 10.8. The molecule has 1 atom stereocenters. The summed E-state index contributed by atoms with van der Waals surface area (Å²) in [6.07, 6.45) is 1.11. The minimum atomic E-state index is -0.545. The summed E-state index contributed by atoms with van der Waals surface area (Å²) < 4.78 is 10.9. The van der Waals surface area contributed by atoms with E-state index in [1.807, 2.05) is 62.6 Å². The first kappa shape index (κ1) is 21.0. The van der Waals surface area contributed by atoms with Gasteiger partial charge in [0.15, 0.2) is 5.76 Å². The Bertz CT molecular complexity index is 822. The molecule has 0 aliphatic carbocycles. The number of aromatic nitrogens is 1. The number of hydrogen-bond donors (Lipinski definition) is 1. The molecule has 1 N–H and O–H groups in total. The second-order valence-corrected chi connectivity index (χ2v) is 7.44. The monoisotopic (exact) mass is 395 g/mol. The quantitative estimate of drug-likeness (QED) is 0.538. The van der Waals surface area contributed by atoms with Gasteiger partial charge in [-0.3, -0.25) is 9.80 Å². The maximum atomic E-state index is 10.3. The molecule has 2 aromatic carbocycles. The van der Waals surface area contributed by atoms with E-state index in [0.717, 1.165) is 24.6 Å². The highest BCUT2D eigenvalue weighted by molar-refractivity contribution is 5.27. The van der Waals surface area contributed by atoms with E-state index in [1.165, 1.54) is 11.1 Å². The van der Waals surface area contributed by atoms with Crippen molar-refractivity contribution in [3.63, 3.8) is 0 Å². The molecule has 0 amide bonds. The number of nitrogens with zero attached hydrogens (tertiary/aromatic N) is 3. The van der Waals surface area contributed by atoms with Gasteiger partial charge in [0.1, 0.15) is 18.5 Å². The van der Waals surface area contributed by atoms with Crippen LogP contribution in [0.15, 0.2) is 71.4 Å². The van der Waals surface area contributed by atoms with Crippen LogP contribution >= 0.6 is 0 Å². The van der Waals surface area contributed by atoms with Crippen LogP contribution in [0.2, 0.25) is 0 Å². The van der Waals surface area contributed by atoms with Crippen LogP contribution in [0.4, 0.5) is 0 Å². The summed E-state index contributed by atoms with van der Waals surface area (Å²) in [5, 5.41) is 14.0. The van der Waals surface area contributed by atoms with Crippen LogP contribution in [-0.2, 0) is 19.6 Å². The molecule has 154 valence electrons.